The molecule has 1 aromatic rings. The molecule has 2 rings (SSSR count). The van der Waals surface area contributed by atoms with Crippen LogP contribution in [-0.2, 0) is 4.79 Å². The second-order valence-electron chi connectivity index (χ2n) is 5.15. The van der Waals surface area contributed by atoms with Crippen LogP contribution in [0.5, 0.6) is 5.75 Å². The summed E-state index contributed by atoms with van der Waals surface area (Å²) in [4.78, 5) is 14.1. The topological polar surface area (TPSA) is 41.6 Å². The van der Waals surface area contributed by atoms with Crippen LogP contribution in [0.4, 0.5) is 5.69 Å². The number of nitrogens with one attached hydrogen (secondary N) is 1. The summed E-state index contributed by atoms with van der Waals surface area (Å²) in [6, 6.07) is 8.33. The van der Waals surface area contributed by atoms with Crippen molar-refractivity contribution >= 4 is 11.6 Å². The van der Waals surface area contributed by atoms with Crippen LogP contribution in [0.15, 0.2) is 24.3 Å². The van der Waals surface area contributed by atoms with Crippen LogP contribution in [0.3, 0.4) is 0 Å². The summed E-state index contributed by atoms with van der Waals surface area (Å²) in [6.07, 6.45) is 3.65. The maximum Gasteiger partial charge on any atom is 0.230 e. The molecule has 4 nitrogen and oxygen atoms in total. The fourth-order valence-electron chi connectivity index (χ4n) is 2.61. The Kier molecular flexibility index (Phi) is 5.41. The molecule has 0 bridgehead atoms. The van der Waals surface area contributed by atoms with E-state index in [-0.39, 0.29) is 5.91 Å². The van der Waals surface area contributed by atoms with Crippen LogP contribution in [0.1, 0.15) is 32.6 Å². The second-order valence-corrected chi connectivity index (χ2v) is 5.15. The van der Waals surface area contributed by atoms with Gasteiger partial charge in [0.05, 0.1) is 18.7 Å². The lowest BCUT2D eigenvalue weighted by atomic mass is 10.1. The van der Waals surface area contributed by atoms with E-state index in [0.717, 1.165) is 37.2 Å². The molecule has 1 heterocycles. The predicted molar refractivity (Wildman–Crippen MR) is 81.3 cm³/mol. The van der Waals surface area contributed by atoms with E-state index in [1.54, 1.807) is 0 Å². The third-order valence-corrected chi connectivity index (χ3v) is 3.87. The van der Waals surface area contributed by atoms with Crippen molar-refractivity contribution in [3.8, 4) is 5.75 Å². The predicted octanol–water partition coefficient (Wildman–Crippen LogP) is 2.58. The van der Waals surface area contributed by atoms with Gasteiger partial charge in [0.2, 0.25) is 5.91 Å². The maximum absolute atomic E-state index is 12.2. The first kappa shape index (κ1) is 14.9. The fourth-order valence-corrected chi connectivity index (χ4v) is 2.61. The highest BCUT2D eigenvalue weighted by atomic mass is 16.5. The molecule has 0 saturated heterocycles. The molecule has 0 saturated carbocycles. The Bertz CT molecular complexity index is 444. The van der Waals surface area contributed by atoms with Gasteiger partial charge in [0.25, 0.3) is 0 Å². The normalized spacial score (nSPS) is 16.3. The number of hydrogen-bond acceptors (Lipinski definition) is 3. The largest absolute Gasteiger partial charge is 0.491 e. The van der Waals surface area contributed by atoms with Crippen molar-refractivity contribution in [1.29, 1.82) is 0 Å². The molecule has 20 heavy (non-hydrogen) atoms. The molecule has 1 aliphatic heterocycles. The number of nitrogens with zero attached hydrogens (tertiary/aromatic N) is 1. The van der Waals surface area contributed by atoms with Crippen molar-refractivity contribution in [2.45, 2.75) is 38.6 Å². The van der Waals surface area contributed by atoms with Gasteiger partial charge in [0, 0.05) is 12.6 Å². The Morgan fingerprint density at radius 2 is 2.20 bits per heavy atom. The molecule has 0 radical (unpaired) electrons. The van der Waals surface area contributed by atoms with Crippen LogP contribution in [0.2, 0.25) is 0 Å². The minimum absolute atomic E-state index is 0.160. The van der Waals surface area contributed by atoms with E-state index in [2.05, 4.69) is 12.2 Å². The highest BCUT2D eigenvalue weighted by Crippen LogP contribution is 2.31. The lowest BCUT2D eigenvalue weighted by molar-refractivity contribution is -0.118. The fraction of sp³-hybridized carbons (Fsp3) is 0.562. The molecule has 1 unspecified atom stereocenters. The van der Waals surface area contributed by atoms with Gasteiger partial charge < -0.3 is 15.0 Å². The number of carbonyl (C=O) groups is 1. The zero-order valence-corrected chi connectivity index (χ0v) is 12.4. The van der Waals surface area contributed by atoms with E-state index in [9.17, 15) is 4.79 Å². The first-order chi connectivity index (χ1) is 9.76. The van der Waals surface area contributed by atoms with Crippen molar-refractivity contribution in [3.05, 3.63) is 24.3 Å². The molecule has 0 spiro atoms. The number of ether oxygens (including phenoxy) is 1. The number of rotatable bonds is 6. The first-order valence-electron chi connectivity index (χ1n) is 7.45. The molecule has 1 aliphatic rings. The van der Waals surface area contributed by atoms with Crippen LogP contribution >= 0.6 is 0 Å². The Morgan fingerprint density at radius 1 is 1.40 bits per heavy atom. The molecule has 4 heteroatoms. The number of fused-ring (bicyclic) bond motifs is 1. The van der Waals surface area contributed by atoms with Crippen molar-refractivity contribution in [2.75, 3.05) is 25.1 Å². The van der Waals surface area contributed by atoms with Gasteiger partial charge in [-0.15, -0.1) is 0 Å². The third kappa shape index (κ3) is 3.51. The number of anilines is 1. The van der Waals surface area contributed by atoms with Gasteiger partial charge in [-0.3, -0.25) is 4.79 Å². The minimum Gasteiger partial charge on any atom is -0.491 e. The van der Waals surface area contributed by atoms with E-state index < -0.39 is 0 Å². The van der Waals surface area contributed by atoms with Crippen molar-refractivity contribution in [2.24, 2.45) is 0 Å². The Morgan fingerprint density at radius 3 is 2.95 bits per heavy atom. The number of benzene rings is 1. The summed E-state index contributed by atoms with van der Waals surface area (Å²) in [5.74, 6) is 0.978. The highest BCUT2D eigenvalue weighted by Gasteiger charge is 2.22. The van der Waals surface area contributed by atoms with Gasteiger partial charge in [-0.25, -0.2) is 0 Å². The number of carbonyl (C=O) groups excluding carboxylic acids is 1. The average molecular weight is 276 g/mol. The van der Waals surface area contributed by atoms with Crippen LogP contribution in [0.25, 0.3) is 0 Å². The van der Waals surface area contributed by atoms with Gasteiger partial charge in [0.15, 0.2) is 0 Å². The maximum atomic E-state index is 12.2. The van der Waals surface area contributed by atoms with Gasteiger partial charge in [-0.1, -0.05) is 19.1 Å². The summed E-state index contributed by atoms with van der Waals surface area (Å²) < 4.78 is 5.64. The van der Waals surface area contributed by atoms with Crippen LogP contribution in [-0.4, -0.2) is 32.1 Å². The van der Waals surface area contributed by atoms with Gasteiger partial charge >= 0.3 is 0 Å². The van der Waals surface area contributed by atoms with E-state index in [1.807, 2.05) is 36.2 Å². The van der Waals surface area contributed by atoms with E-state index >= 15 is 0 Å². The molecule has 0 aliphatic carbocycles. The van der Waals surface area contributed by atoms with Crippen molar-refractivity contribution < 1.29 is 9.53 Å². The molecule has 0 fully saturated rings. The minimum atomic E-state index is 0.160. The van der Waals surface area contributed by atoms with E-state index in [1.165, 1.54) is 0 Å². The average Bonchev–Trinajstić information content (AvgIpc) is 2.63. The summed E-state index contributed by atoms with van der Waals surface area (Å²) in [5.41, 5.74) is 0.910. The molecular formula is C16H24N2O2. The van der Waals surface area contributed by atoms with Crippen molar-refractivity contribution in [1.82, 2.24) is 5.32 Å². The molecular weight excluding hydrogens is 252 g/mol. The zero-order valence-electron chi connectivity index (χ0n) is 12.4. The van der Waals surface area contributed by atoms with Gasteiger partial charge in [0.1, 0.15) is 5.75 Å². The standard InChI is InChI=1S/C16H24N2O2/c1-3-13(17-2)7-6-11-18-14-8-4-5-9-15(14)20-12-10-16(18)19/h4-5,8-9,13,17H,3,6-7,10-12H2,1-2H3. The van der Waals surface area contributed by atoms with Crippen LogP contribution in [0, 0.1) is 0 Å². The van der Waals surface area contributed by atoms with Gasteiger partial charge in [-0.05, 0) is 38.4 Å². The van der Waals surface area contributed by atoms with Crippen LogP contribution < -0.4 is 15.0 Å². The van der Waals surface area contributed by atoms with E-state index in [0.29, 0.717) is 19.1 Å². The summed E-state index contributed by atoms with van der Waals surface area (Å²) in [7, 11) is 1.99. The molecule has 1 atom stereocenters. The zero-order chi connectivity index (χ0) is 14.4. The van der Waals surface area contributed by atoms with Gasteiger partial charge in [-0.2, -0.15) is 0 Å². The Balaban J connectivity index is 2.03. The Labute approximate surface area is 121 Å². The number of para-hydroxylation sites is 2. The smallest absolute Gasteiger partial charge is 0.230 e. The molecule has 110 valence electrons. The summed E-state index contributed by atoms with van der Waals surface area (Å²) in [6.45, 7) is 3.42. The first-order valence-corrected chi connectivity index (χ1v) is 7.45. The number of hydrogen-bond donors (Lipinski definition) is 1. The quantitative estimate of drug-likeness (QED) is 0.868. The highest BCUT2D eigenvalue weighted by molar-refractivity contribution is 5.95. The second kappa shape index (κ2) is 7.29. The third-order valence-electron chi connectivity index (χ3n) is 3.87. The Hall–Kier alpha value is -1.55. The molecule has 1 aromatic carbocycles. The SMILES string of the molecule is CCC(CCCN1C(=O)CCOc2ccccc21)NC. The molecule has 1 N–H and O–H groups in total. The monoisotopic (exact) mass is 276 g/mol. The summed E-state index contributed by atoms with van der Waals surface area (Å²) in [5, 5.41) is 3.30. The lowest BCUT2D eigenvalue weighted by Crippen LogP contribution is -2.32. The summed E-state index contributed by atoms with van der Waals surface area (Å²) >= 11 is 0. The van der Waals surface area contributed by atoms with Crippen molar-refractivity contribution in [3.63, 3.8) is 0 Å². The molecule has 0 aromatic heterocycles. The lowest BCUT2D eigenvalue weighted by Gasteiger charge is -2.23. The number of amides is 1. The van der Waals surface area contributed by atoms with E-state index in [4.69, 9.17) is 4.74 Å². The molecule has 1 amide bonds.